The summed E-state index contributed by atoms with van der Waals surface area (Å²) in [6.45, 7) is 4.79. The third-order valence-electron chi connectivity index (χ3n) is 6.27. The summed E-state index contributed by atoms with van der Waals surface area (Å²) in [7, 11) is 0. The van der Waals surface area contributed by atoms with Crippen molar-refractivity contribution in [3.63, 3.8) is 0 Å². The molecule has 0 atom stereocenters. The van der Waals surface area contributed by atoms with Crippen LogP contribution in [0.25, 0.3) is 22.3 Å². The second-order valence-electron chi connectivity index (χ2n) is 9.14. The summed E-state index contributed by atoms with van der Waals surface area (Å²) in [5.41, 5.74) is 3.39. The lowest BCUT2D eigenvalue weighted by Crippen LogP contribution is -2.00. The number of ether oxygens (including phenoxy) is 2. The van der Waals surface area contributed by atoms with Crippen LogP contribution >= 0.6 is 0 Å². The van der Waals surface area contributed by atoms with Gasteiger partial charge in [0.2, 0.25) is 0 Å². The molecule has 0 fully saturated rings. The number of aryl methyl sites for hydroxylation is 1. The van der Waals surface area contributed by atoms with Crippen molar-refractivity contribution < 1.29 is 22.6 Å². The molecule has 0 spiro atoms. The molecule has 0 saturated carbocycles. The van der Waals surface area contributed by atoms with E-state index >= 15 is 0 Å². The van der Waals surface area contributed by atoms with Gasteiger partial charge in [0.05, 0.1) is 6.61 Å². The van der Waals surface area contributed by atoms with Crippen molar-refractivity contribution in [2.75, 3.05) is 6.61 Å². The Kier molecular flexibility index (Phi) is 8.89. The minimum Gasteiger partial charge on any atom is -0.493 e. The summed E-state index contributed by atoms with van der Waals surface area (Å²) >= 11 is 0. The maximum absolute atomic E-state index is 14.9. The first-order valence-corrected chi connectivity index (χ1v) is 12.7. The minimum absolute atomic E-state index is 0.127. The molecule has 0 aliphatic carbocycles. The van der Waals surface area contributed by atoms with E-state index in [1.54, 1.807) is 60.7 Å². The average Bonchev–Trinajstić information content (AvgIpc) is 2.91. The van der Waals surface area contributed by atoms with Crippen LogP contribution in [-0.4, -0.2) is 6.61 Å². The molecule has 0 aliphatic rings. The van der Waals surface area contributed by atoms with E-state index in [4.69, 9.17) is 9.47 Å². The van der Waals surface area contributed by atoms with Gasteiger partial charge < -0.3 is 9.47 Å². The van der Waals surface area contributed by atoms with Crippen molar-refractivity contribution >= 4 is 0 Å². The van der Waals surface area contributed by atoms with E-state index < -0.39 is 17.5 Å². The third-order valence-corrected chi connectivity index (χ3v) is 6.27. The highest BCUT2D eigenvalue weighted by Gasteiger charge is 2.16. The fourth-order valence-electron chi connectivity index (χ4n) is 4.08. The standard InChI is InChI=1S/C32H31F3O2/c1-3-4-5-6-19-36-26-15-18-30(29(33)20-26)37-21-23-9-13-25(14-10-23)28-17-16-27(31(34)32(28)35)24-11-7-22(2)8-12-24/h7-18,20H,3-6,19,21H2,1-2H3. The molecule has 5 heteroatoms. The van der Waals surface area contributed by atoms with Gasteiger partial charge in [-0.25, -0.2) is 13.2 Å². The first-order chi connectivity index (χ1) is 18.0. The van der Waals surface area contributed by atoms with Gasteiger partial charge in [0.25, 0.3) is 0 Å². The van der Waals surface area contributed by atoms with Crippen molar-refractivity contribution in [1.29, 1.82) is 0 Å². The molecule has 0 N–H and O–H groups in total. The highest BCUT2D eigenvalue weighted by Crippen LogP contribution is 2.32. The Hall–Kier alpha value is -3.73. The van der Waals surface area contributed by atoms with Crippen LogP contribution in [-0.2, 0) is 6.61 Å². The highest BCUT2D eigenvalue weighted by atomic mass is 19.2. The maximum atomic E-state index is 14.9. The van der Waals surface area contributed by atoms with E-state index in [-0.39, 0.29) is 23.5 Å². The zero-order chi connectivity index (χ0) is 26.2. The van der Waals surface area contributed by atoms with E-state index in [1.165, 1.54) is 6.07 Å². The average molecular weight is 505 g/mol. The Balaban J connectivity index is 1.38. The van der Waals surface area contributed by atoms with Gasteiger partial charge in [-0.3, -0.25) is 0 Å². The molecular weight excluding hydrogens is 473 g/mol. The molecule has 0 aliphatic heterocycles. The molecule has 4 aromatic carbocycles. The molecule has 37 heavy (non-hydrogen) atoms. The van der Waals surface area contributed by atoms with Crippen LogP contribution in [0.15, 0.2) is 78.9 Å². The van der Waals surface area contributed by atoms with Gasteiger partial charge in [0.15, 0.2) is 23.2 Å². The zero-order valence-corrected chi connectivity index (χ0v) is 21.2. The molecule has 2 nitrogen and oxygen atoms in total. The molecule has 0 amide bonds. The number of rotatable bonds is 11. The van der Waals surface area contributed by atoms with Crippen molar-refractivity contribution in [1.82, 2.24) is 0 Å². The summed E-state index contributed by atoms with van der Waals surface area (Å²) in [5, 5.41) is 0. The van der Waals surface area contributed by atoms with E-state index in [2.05, 4.69) is 6.92 Å². The largest absolute Gasteiger partial charge is 0.493 e. The number of halogens is 3. The third kappa shape index (κ3) is 6.73. The molecule has 192 valence electrons. The molecule has 4 rings (SSSR count). The Bertz CT molecular complexity index is 1320. The van der Waals surface area contributed by atoms with Crippen LogP contribution in [0.1, 0.15) is 43.7 Å². The van der Waals surface area contributed by atoms with Crippen molar-refractivity contribution in [3.8, 4) is 33.8 Å². The predicted molar refractivity (Wildman–Crippen MR) is 142 cm³/mol. The van der Waals surface area contributed by atoms with Crippen molar-refractivity contribution in [2.45, 2.75) is 46.1 Å². The summed E-state index contributed by atoms with van der Waals surface area (Å²) < 4.78 is 55.5. The fraction of sp³-hybridized carbons (Fsp3) is 0.250. The predicted octanol–water partition coefficient (Wildman–Crippen LogP) is 9.28. The monoisotopic (exact) mass is 504 g/mol. The van der Waals surface area contributed by atoms with Crippen LogP contribution in [0.2, 0.25) is 0 Å². The van der Waals surface area contributed by atoms with Crippen LogP contribution in [0.3, 0.4) is 0 Å². The smallest absolute Gasteiger partial charge is 0.168 e. The van der Waals surface area contributed by atoms with Crippen LogP contribution in [0, 0.1) is 24.4 Å². The molecule has 0 heterocycles. The van der Waals surface area contributed by atoms with Gasteiger partial charge in [0, 0.05) is 17.2 Å². The highest BCUT2D eigenvalue weighted by molar-refractivity contribution is 5.72. The Morgan fingerprint density at radius 1 is 0.649 bits per heavy atom. The normalized spacial score (nSPS) is 10.9. The van der Waals surface area contributed by atoms with Gasteiger partial charge in [0.1, 0.15) is 12.4 Å². The van der Waals surface area contributed by atoms with Crippen molar-refractivity contribution in [3.05, 3.63) is 107 Å². The lowest BCUT2D eigenvalue weighted by Gasteiger charge is -2.12. The zero-order valence-electron chi connectivity index (χ0n) is 21.2. The SMILES string of the molecule is CCCCCCOc1ccc(OCc2ccc(-c3ccc(-c4ccc(C)cc4)c(F)c3F)cc2)c(F)c1. The van der Waals surface area contributed by atoms with E-state index in [9.17, 15) is 13.2 Å². The second kappa shape index (κ2) is 12.5. The Morgan fingerprint density at radius 3 is 1.86 bits per heavy atom. The first-order valence-electron chi connectivity index (χ1n) is 12.7. The molecule has 0 radical (unpaired) electrons. The Morgan fingerprint density at radius 2 is 1.27 bits per heavy atom. The number of hydrogen-bond acceptors (Lipinski definition) is 2. The van der Waals surface area contributed by atoms with Crippen LogP contribution in [0.4, 0.5) is 13.2 Å². The summed E-state index contributed by atoms with van der Waals surface area (Å²) in [5.74, 6) is -1.65. The summed E-state index contributed by atoms with van der Waals surface area (Å²) in [4.78, 5) is 0. The fourth-order valence-corrected chi connectivity index (χ4v) is 4.08. The molecule has 0 bridgehead atoms. The molecular formula is C32H31F3O2. The molecule has 0 saturated heterocycles. The van der Waals surface area contributed by atoms with Crippen LogP contribution < -0.4 is 9.47 Å². The quantitative estimate of drug-likeness (QED) is 0.190. The van der Waals surface area contributed by atoms with E-state index in [0.717, 1.165) is 36.8 Å². The topological polar surface area (TPSA) is 18.5 Å². The number of benzene rings is 4. The maximum Gasteiger partial charge on any atom is 0.168 e. The first kappa shape index (κ1) is 26.3. The number of unbranched alkanes of at least 4 members (excludes halogenated alkanes) is 3. The molecule has 0 aromatic heterocycles. The van der Waals surface area contributed by atoms with Gasteiger partial charge in [-0.1, -0.05) is 92.4 Å². The lowest BCUT2D eigenvalue weighted by atomic mass is 9.98. The van der Waals surface area contributed by atoms with Gasteiger partial charge in [-0.15, -0.1) is 0 Å². The summed E-state index contributed by atoms with van der Waals surface area (Å²) in [6.07, 6.45) is 4.36. The number of hydrogen-bond donors (Lipinski definition) is 0. The van der Waals surface area contributed by atoms with E-state index in [1.807, 2.05) is 19.1 Å². The van der Waals surface area contributed by atoms with E-state index in [0.29, 0.717) is 23.5 Å². The molecule has 0 unspecified atom stereocenters. The Labute approximate surface area is 216 Å². The van der Waals surface area contributed by atoms with Gasteiger partial charge in [-0.2, -0.15) is 0 Å². The van der Waals surface area contributed by atoms with Gasteiger partial charge in [-0.05, 0) is 42.2 Å². The lowest BCUT2D eigenvalue weighted by molar-refractivity contribution is 0.283. The van der Waals surface area contributed by atoms with Crippen LogP contribution in [0.5, 0.6) is 11.5 Å². The van der Waals surface area contributed by atoms with Crippen molar-refractivity contribution in [2.24, 2.45) is 0 Å². The molecule has 4 aromatic rings. The second-order valence-corrected chi connectivity index (χ2v) is 9.14. The minimum atomic E-state index is -0.892. The summed E-state index contributed by atoms with van der Waals surface area (Å²) in [6, 6.07) is 22.0. The van der Waals surface area contributed by atoms with Gasteiger partial charge >= 0.3 is 0 Å².